The molecule has 0 aliphatic carbocycles. The van der Waals surface area contributed by atoms with Gasteiger partial charge in [-0.1, -0.05) is 11.6 Å². The Morgan fingerprint density at radius 1 is 1.00 bits per heavy atom. The number of nitrogens with zero attached hydrogens (tertiary/aromatic N) is 1. The predicted molar refractivity (Wildman–Crippen MR) is 76.1 cm³/mol. The summed E-state index contributed by atoms with van der Waals surface area (Å²) in [6, 6.07) is 7.08. The lowest BCUT2D eigenvalue weighted by Crippen LogP contribution is -2.09. The number of sulfone groups is 1. The number of carbonyl (C=O) groups excluding carboxylic acids is 1. The van der Waals surface area contributed by atoms with Crippen LogP contribution >= 0.6 is 11.6 Å². The third-order valence-corrected chi connectivity index (χ3v) is 4.97. The summed E-state index contributed by atoms with van der Waals surface area (Å²) in [5.74, 6) is 0. The third kappa shape index (κ3) is 3.61. The maximum atomic E-state index is 12.8. The molecule has 0 saturated heterocycles. The van der Waals surface area contributed by atoms with Gasteiger partial charge in [0.25, 0.3) is 0 Å². The van der Waals surface area contributed by atoms with Crippen molar-refractivity contribution in [1.29, 1.82) is 0 Å². The smallest absolute Gasteiger partial charge is 0.219 e. The summed E-state index contributed by atoms with van der Waals surface area (Å²) in [6.07, 6.45) is -3.48. The van der Waals surface area contributed by atoms with E-state index in [0.717, 1.165) is 24.3 Å². The van der Waals surface area contributed by atoms with Gasteiger partial charge >= 0.3 is 6.18 Å². The Balaban J connectivity index is 2.54. The van der Waals surface area contributed by atoms with Gasteiger partial charge in [0.05, 0.1) is 26.1 Å². The molecule has 0 N–H and O–H groups in total. The topological polar surface area (TPSA) is 63.6 Å². The van der Waals surface area contributed by atoms with Crippen molar-refractivity contribution in [3.05, 3.63) is 53.1 Å². The molecule has 0 fully saturated rings. The number of hydrogen-bond donors (Lipinski definition) is 0. The van der Waals surface area contributed by atoms with Crippen molar-refractivity contribution in [1.82, 2.24) is 0 Å². The van der Waals surface area contributed by atoms with E-state index in [0.29, 0.717) is 6.07 Å². The molecule has 2 rings (SSSR count). The molecule has 120 valence electrons. The highest BCUT2D eigenvalue weighted by Crippen LogP contribution is 2.37. The molecule has 9 heteroatoms. The number of benzene rings is 2. The van der Waals surface area contributed by atoms with Crippen LogP contribution in [0.25, 0.3) is 0 Å². The fourth-order valence-corrected chi connectivity index (χ4v) is 3.29. The van der Waals surface area contributed by atoms with Crippen LogP contribution in [0.15, 0.2) is 57.2 Å². The average molecular weight is 362 g/mol. The number of aliphatic imine (C=N–C) groups is 1. The van der Waals surface area contributed by atoms with E-state index in [1.54, 1.807) is 0 Å². The second kappa shape index (κ2) is 6.16. The lowest BCUT2D eigenvalue weighted by molar-refractivity contribution is -0.137. The standard InChI is InChI=1S/C14H7ClF3NO3S/c15-13-6-5-11(7-12(13)14(16,17)18)23(21,22)10-3-1-9(2-4-10)19-8-20/h1-7H. The van der Waals surface area contributed by atoms with Gasteiger partial charge in [-0.3, -0.25) is 0 Å². The summed E-state index contributed by atoms with van der Waals surface area (Å²) < 4.78 is 63.2. The molecule has 0 amide bonds. The van der Waals surface area contributed by atoms with E-state index >= 15 is 0 Å². The average Bonchev–Trinajstić information content (AvgIpc) is 2.47. The predicted octanol–water partition coefficient (Wildman–Crippen LogP) is 4.16. The highest BCUT2D eigenvalue weighted by atomic mass is 35.5. The molecule has 0 unspecified atom stereocenters. The summed E-state index contributed by atoms with van der Waals surface area (Å²) in [5, 5.41) is -0.591. The van der Waals surface area contributed by atoms with E-state index in [-0.39, 0.29) is 10.6 Å². The first-order chi connectivity index (χ1) is 10.7. The van der Waals surface area contributed by atoms with Crippen LogP contribution < -0.4 is 0 Å². The summed E-state index contributed by atoms with van der Waals surface area (Å²) in [7, 11) is -4.17. The summed E-state index contributed by atoms with van der Waals surface area (Å²) in [5.41, 5.74) is -1.06. The van der Waals surface area contributed by atoms with Crippen LogP contribution in [0.1, 0.15) is 5.56 Å². The molecule has 23 heavy (non-hydrogen) atoms. The molecule has 0 saturated carbocycles. The number of hydrogen-bond acceptors (Lipinski definition) is 4. The van der Waals surface area contributed by atoms with Gasteiger partial charge in [-0.15, -0.1) is 0 Å². The Labute approximate surface area is 134 Å². The van der Waals surface area contributed by atoms with E-state index in [1.807, 2.05) is 0 Å². The van der Waals surface area contributed by atoms with Crippen molar-refractivity contribution in [2.45, 2.75) is 16.0 Å². The van der Waals surface area contributed by atoms with E-state index in [1.165, 1.54) is 18.2 Å². The van der Waals surface area contributed by atoms with Gasteiger partial charge in [0.1, 0.15) is 0 Å². The molecule has 0 heterocycles. The van der Waals surface area contributed by atoms with Gasteiger partial charge in [-0.05, 0) is 42.5 Å². The van der Waals surface area contributed by atoms with Gasteiger partial charge in [0.15, 0.2) is 0 Å². The zero-order valence-corrected chi connectivity index (χ0v) is 12.7. The van der Waals surface area contributed by atoms with Crippen LogP contribution in [0.5, 0.6) is 0 Å². The molecule has 0 atom stereocenters. The molecule has 4 nitrogen and oxygen atoms in total. The van der Waals surface area contributed by atoms with Gasteiger partial charge in [0, 0.05) is 0 Å². The molecule has 0 radical (unpaired) electrons. The quantitative estimate of drug-likeness (QED) is 0.609. The van der Waals surface area contributed by atoms with Gasteiger partial charge in [-0.2, -0.15) is 18.2 Å². The van der Waals surface area contributed by atoms with Crippen molar-refractivity contribution < 1.29 is 26.4 Å². The first-order valence-corrected chi connectivity index (χ1v) is 7.82. The first kappa shape index (κ1) is 17.2. The number of alkyl halides is 3. The van der Waals surface area contributed by atoms with Crippen molar-refractivity contribution in [2.24, 2.45) is 4.99 Å². The largest absolute Gasteiger partial charge is 0.417 e. The first-order valence-electron chi connectivity index (χ1n) is 5.96. The molecule has 2 aromatic carbocycles. The van der Waals surface area contributed by atoms with Gasteiger partial charge in [0.2, 0.25) is 15.9 Å². The summed E-state index contributed by atoms with van der Waals surface area (Å²) >= 11 is 5.47. The highest BCUT2D eigenvalue weighted by molar-refractivity contribution is 7.91. The monoisotopic (exact) mass is 361 g/mol. The normalized spacial score (nSPS) is 11.8. The van der Waals surface area contributed by atoms with Crippen LogP contribution in [0.4, 0.5) is 18.9 Å². The third-order valence-electron chi connectivity index (χ3n) is 2.88. The van der Waals surface area contributed by atoms with Crippen molar-refractivity contribution in [2.75, 3.05) is 0 Å². The highest BCUT2D eigenvalue weighted by Gasteiger charge is 2.34. The zero-order chi connectivity index (χ0) is 17.3. The van der Waals surface area contributed by atoms with Gasteiger partial charge < -0.3 is 0 Å². The molecular weight excluding hydrogens is 355 g/mol. The molecule has 2 aromatic rings. The minimum absolute atomic E-state index is 0.172. The SMILES string of the molecule is O=C=Nc1ccc(S(=O)(=O)c2ccc(Cl)c(C(F)(F)F)c2)cc1. The summed E-state index contributed by atoms with van der Waals surface area (Å²) in [4.78, 5) is 12.6. The molecule has 0 aromatic heterocycles. The Bertz CT molecular complexity index is 886. The Morgan fingerprint density at radius 3 is 2.09 bits per heavy atom. The molecular formula is C14H7ClF3NO3S. The van der Waals surface area contributed by atoms with E-state index in [4.69, 9.17) is 11.6 Å². The maximum absolute atomic E-state index is 12.8. The van der Waals surface area contributed by atoms with Gasteiger partial charge in [-0.25, -0.2) is 13.2 Å². The van der Waals surface area contributed by atoms with E-state index in [9.17, 15) is 26.4 Å². The Morgan fingerprint density at radius 2 is 1.57 bits per heavy atom. The van der Waals surface area contributed by atoms with Crippen LogP contribution in [0, 0.1) is 0 Å². The number of rotatable bonds is 3. The zero-order valence-electron chi connectivity index (χ0n) is 11.1. The summed E-state index contributed by atoms with van der Waals surface area (Å²) in [6.45, 7) is 0. The second-order valence-electron chi connectivity index (χ2n) is 4.34. The molecule has 0 spiro atoms. The molecule has 0 bridgehead atoms. The Hall–Kier alpha value is -2.15. The van der Waals surface area contributed by atoms with E-state index in [2.05, 4.69) is 4.99 Å². The number of isocyanates is 1. The second-order valence-corrected chi connectivity index (χ2v) is 6.70. The maximum Gasteiger partial charge on any atom is 0.417 e. The van der Waals surface area contributed by atoms with Crippen molar-refractivity contribution >= 4 is 33.2 Å². The lowest BCUT2D eigenvalue weighted by atomic mass is 10.2. The van der Waals surface area contributed by atoms with Crippen molar-refractivity contribution in [3.8, 4) is 0 Å². The van der Waals surface area contributed by atoms with Crippen LogP contribution in [-0.2, 0) is 20.8 Å². The van der Waals surface area contributed by atoms with E-state index < -0.39 is 31.5 Å². The Kier molecular flexibility index (Phi) is 4.61. The number of halogens is 4. The minimum Gasteiger partial charge on any atom is -0.219 e. The van der Waals surface area contributed by atoms with Crippen LogP contribution in [0.2, 0.25) is 5.02 Å². The fraction of sp³-hybridized carbons (Fsp3) is 0.0714. The fourth-order valence-electron chi connectivity index (χ4n) is 1.78. The van der Waals surface area contributed by atoms with Crippen LogP contribution in [0.3, 0.4) is 0 Å². The minimum atomic E-state index is -4.77. The van der Waals surface area contributed by atoms with Crippen LogP contribution in [-0.4, -0.2) is 14.5 Å². The van der Waals surface area contributed by atoms with Crippen molar-refractivity contribution in [3.63, 3.8) is 0 Å². The molecule has 0 aliphatic rings. The lowest BCUT2D eigenvalue weighted by Gasteiger charge is -2.11. The molecule has 0 aliphatic heterocycles.